The van der Waals surface area contributed by atoms with Gasteiger partial charge in [0.15, 0.2) is 5.13 Å². The summed E-state index contributed by atoms with van der Waals surface area (Å²) in [7, 11) is 4.08. The third-order valence-electron chi connectivity index (χ3n) is 3.92. The molecule has 1 N–H and O–H groups in total. The van der Waals surface area contributed by atoms with Crippen LogP contribution in [0.4, 0.5) is 9.52 Å². The molecule has 0 unspecified atom stereocenters. The van der Waals surface area contributed by atoms with E-state index in [1.807, 2.05) is 50.5 Å². The molecule has 0 saturated heterocycles. The summed E-state index contributed by atoms with van der Waals surface area (Å²) < 4.78 is 14.7. The van der Waals surface area contributed by atoms with Gasteiger partial charge in [0.05, 0.1) is 38.3 Å². The number of halogens is 1. The van der Waals surface area contributed by atoms with Crippen LogP contribution < -0.4 is 9.80 Å². The standard InChI is InChI=1S/C19H20FN3OS/c1-22(2)11-12-23(17(24)13-14-7-4-3-5-8-14)19-21-18-15(20)9-6-10-16(18)25-19/h3-10H,11-13H2,1-2H3/p+1. The molecule has 25 heavy (non-hydrogen) atoms. The number of aromatic nitrogens is 1. The molecule has 0 fully saturated rings. The number of hydrogen-bond donors (Lipinski definition) is 1. The van der Waals surface area contributed by atoms with Gasteiger partial charge in [0.2, 0.25) is 5.91 Å². The summed E-state index contributed by atoms with van der Waals surface area (Å²) in [5, 5.41) is 0.558. The number of carbonyl (C=O) groups is 1. The van der Waals surface area contributed by atoms with Crippen LogP contribution >= 0.6 is 11.3 Å². The number of anilines is 1. The van der Waals surface area contributed by atoms with Gasteiger partial charge in [-0.3, -0.25) is 9.69 Å². The third-order valence-corrected chi connectivity index (χ3v) is 4.97. The van der Waals surface area contributed by atoms with Gasteiger partial charge in [0.1, 0.15) is 11.3 Å². The zero-order chi connectivity index (χ0) is 17.8. The van der Waals surface area contributed by atoms with Crippen molar-refractivity contribution in [2.75, 3.05) is 32.1 Å². The first-order valence-corrected chi connectivity index (χ1v) is 9.04. The van der Waals surface area contributed by atoms with Crippen LogP contribution in [0.15, 0.2) is 48.5 Å². The third kappa shape index (κ3) is 4.21. The van der Waals surface area contributed by atoms with Crippen LogP contribution in [0, 0.1) is 5.82 Å². The second kappa shape index (κ2) is 7.72. The molecule has 1 heterocycles. The lowest BCUT2D eigenvalue weighted by molar-refractivity contribution is -0.856. The maximum atomic E-state index is 14.0. The first-order chi connectivity index (χ1) is 12.0. The smallest absolute Gasteiger partial charge is 0.233 e. The minimum absolute atomic E-state index is 0.0214. The monoisotopic (exact) mass is 358 g/mol. The highest BCUT2D eigenvalue weighted by atomic mass is 32.1. The van der Waals surface area contributed by atoms with Crippen molar-refractivity contribution in [1.82, 2.24) is 4.98 Å². The minimum Gasteiger partial charge on any atom is -0.338 e. The van der Waals surface area contributed by atoms with E-state index in [-0.39, 0.29) is 11.7 Å². The number of amides is 1. The predicted octanol–water partition coefficient (Wildman–Crippen LogP) is 2.16. The van der Waals surface area contributed by atoms with Crippen LogP contribution in [0.5, 0.6) is 0 Å². The van der Waals surface area contributed by atoms with E-state index in [2.05, 4.69) is 4.98 Å². The van der Waals surface area contributed by atoms with Gasteiger partial charge >= 0.3 is 0 Å². The molecular weight excluding hydrogens is 337 g/mol. The Morgan fingerprint density at radius 3 is 2.60 bits per heavy atom. The Balaban J connectivity index is 1.89. The van der Waals surface area contributed by atoms with Gasteiger partial charge in [-0.15, -0.1) is 0 Å². The summed E-state index contributed by atoms with van der Waals surface area (Å²) in [4.78, 5) is 20.2. The zero-order valence-corrected chi connectivity index (χ0v) is 15.1. The molecule has 1 amide bonds. The number of nitrogens with one attached hydrogen (secondary N) is 1. The highest BCUT2D eigenvalue weighted by Gasteiger charge is 2.21. The van der Waals surface area contributed by atoms with Crippen molar-refractivity contribution in [2.45, 2.75) is 6.42 Å². The fourth-order valence-corrected chi connectivity index (χ4v) is 3.57. The number of quaternary nitrogens is 1. The number of para-hydroxylation sites is 1. The fraction of sp³-hybridized carbons (Fsp3) is 0.263. The molecule has 6 heteroatoms. The summed E-state index contributed by atoms with van der Waals surface area (Å²) in [6, 6.07) is 14.5. The molecule has 0 spiro atoms. The summed E-state index contributed by atoms with van der Waals surface area (Å²) >= 11 is 1.35. The summed E-state index contributed by atoms with van der Waals surface area (Å²) in [5.74, 6) is -0.374. The number of nitrogens with zero attached hydrogens (tertiary/aromatic N) is 2. The van der Waals surface area contributed by atoms with Gasteiger partial charge in [-0.05, 0) is 17.7 Å². The van der Waals surface area contributed by atoms with E-state index in [0.29, 0.717) is 23.6 Å². The molecule has 0 saturated carbocycles. The van der Waals surface area contributed by atoms with Crippen molar-refractivity contribution < 1.29 is 14.1 Å². The second-order valence-electron chi connectivity index (χ2n) is 6.25. The van der Waals surface area contributed by atoms with Crippen LogP contribution in [0.3, 0.4) is 0 Å². The van der Waals surface area contributed by atoms with Gasteiger partial charge in [0, 0.05) is 0 Å². The number of rotatable bonds is 6. The van der Waals surface area contributed by atoms with Gasteiger partial charge in [0.25, 0.3) is 0 Å². The van der Waals surface area contributed by atoms with Crippen LogP contribution in [-0.2, 0) is 11.2 Å². The molecule has 1 aromatic heterocycles. The normalized spacial score (nSPS) is 11.2. The first-order valence-electron chi connectivity index (χ1n) is 8.23. The van der Waals surface area contributed by atoms with Gasteiger partial charge in [-0.1, -0.05) is 47.7 Å². The van der Waals surface area contributed by atoms with Crippen molar-refractivity contribution in [2.24, 2.45) is 0 Å². The number of benzene rings is 2. The Morgan fingerprint density at radius 2 is 1.92 bits per heavy atom. The molecule has 130 valence electrons. The van der Waals surface area contributed by atoms with Gasteiger partial charge in [-0.2, -0.15) is 0 Å². The van der Waals surface area contributed by atoms with Crippen molar-refractivity contribution in [3.8, 4) is 0 Å². The molecule has 3 aromatic rings. The van der Waals surface area contributed by atoms with E-state index in [0.717, 1.165) is 16.8 Å². The van der Waals surface area contributed by atoms with E-state index in [4.69, 9.17) is 0 Å². The van der Waals surface area contributed by atoms with Crippen molar-refractivity contribution in [3.05, 3.63) is 59.9 Å². The number of carbonyl (C=O) groups excluding carboxylic acids is 1. The molecule has 0 aliphatic rings. The SMILES string of the molecule is C[NH+](C)CCN(C(=O)Cc1ccccc1)c1nc2c(F)cccc2s1. The predicted molar refractivity (Wildman–Crippen MR) is 99.8 cm³/mol. The summed E-state index contributed by atoms with van der Waals surface area (Å²) in [6.07, 6.45) is 0.308. The largest absolute Gasteiger partial charge is 0.338 e. The highest BCUT2D eigenvalue weighted by molar-refractivity contribution is 7.22. The van der Waals surface area contributed by atoms with Crippen LogP contribution in [-0.4, -0.2) is 38.1 Å². The summed E-state index contributed by atoms with van der Waals surface area (Å²) in [6.45, 7) is 1.34. The average Bonchev–Trinajstić information content (AvgIpc) is 3.01. The Bertz CT molecular complexity index is 863. The Hall–Kier alpha value is -2.31. The van der Waals surface area contributed by atoms with E-state index < -0.39 is 0 Å². The van der Waals surface area contributed by atoms with Crippen LogP contribution in [0.25, 0.3) is 10.2 Å². The van der Waals surface area contributed by atoms with Crippen molar-refractivity contribution in [1.29, 1.82) is 0 Å². The minimum atomic E-state index is -0.353. The van der Waals surface area contributed by atoms with Crippen molar-refractivity contribution in [3.63, 3.8) is 0 Å². The molecule has 3 rings (SSSR count). The highest BCUT2D eigenvalue weighted by Crippen LogP contribution is 2.30. The van der Waals surface area contributed by atoms with E-state index in [9.17, 15) is 9.18 Å². The first kappa shape index (κ1) is 17.5. The topological polar surface area (TPSA) is 37.6 Å². The molecule has 0 radical (unpaired) electrons. The fourth-order valence-electron chi connectivity index (χ4n) is 2.55. The van der Waals surface area contributed by atoms with Crippen LogP contribution in [0.1, 0.15) is 5.56 Å². The van der Waals surface area contributed by atoms with E-state index >= 15 is 0 Å². The van der Waals surface area contributed by atoms with Gasteiger partial charge < -0.3 is 4.90 Å². The van der Waals surface area contributed by atoms with Crippen molar-refractivity contribution >= 4 is 32.6 Å². The maximum absolute atomic E-state index is 14.0. The van der Waals surface area contributed by atoms with Crippen LogP contribution in [0.2, 0.25) is 0 Å². The van der Waals surface area contributed by atoms with E-state index in [1.165, 1.54) is 22.3 Å². The summed E-state index contributed by atoms with van der Waals surface area (Å²) in [5.41, 5.74) is 1.29. The Kier molecular flexibility index (Phi) is 5.40. The zero-order valence-electron chi connectivity index (χ0n) is 14.3. The Morgan fingerprint density at radius 1 is 1.16 bits per heavy atom. The molecule has 0 bridgehead atoms. The maximum Gasteiger partial charge on any atom is 0.233 e. The molecule has 2 aromatic carbocycles. The number of hydrogen-bond acceptors (Lipinski definition) is 3. The van der Waals surface area contributed by atoms with Gasteiger partial charge in [-0.25, -0.2) is 9.37 Å². The molecular formula is C19H21FN3OS+. The Labute approximate surface area is 150 Å². The molecule has 0 aliphatic heterocycles. The number of thiazole rings is 1. The lowest BCUT2D eigenvalue weighted by Gasteiger charge is -2.20. The number of fused-ring (bicyclic) bond motifs is 1. The molecule has 0 aliphatic carbocycles. The lowest BCUT2D eigenvalue weighted by Crippen LogP contribution is -3.06. The quantitative estimate of drug-likeness (QED) is 0.733. The van der Waals surface area contributed by atoms with E-state index in [1.54, 1.807) is 11.0 Å². The number of likely N-dealkylation sites (N-methyl/N-ethyl adjacent to an activating group) is 1. The molecule has 0 atom stereocenters. The lowest BCUT2D eigenvalue weighted by atomic mass is 10.1. The average molecular weight is 358 g/mol. The molecule has 4 nitrogen and oxygen atoms in total. The second-order valence-corrected chi connectivity index (χ2v) is 7.26.